The zero-order valence-corrected chi connectivity index (χ0v) is 21.9. The van der Waals surface area contributed by atoms with Crippen molar-refractivity contribution in [2.24, 2.45) is 0 Å². The Bertz CT molecular complexity index is 1390. The van der Waals surface area contributed by atoms with Gasteiger partial charge in [0.05, 0.1) is 24.2 Å². The Morgan fingerprint density at radius 2 is 1.46 bits per heavy atom. The smallest absolute Gasteiger partial charge is 0.331 e. The summed E-state index contributed by atoms with van der Waals surface area (Å²) in [4.78, 5) is 12.0. The third-order valence-electron chi connectivity index (χ3n) is 4.80. The summed E-state index contributed by atoms with van der Waals surface area (Å²) in [5, 5.41) is 0.764. The Morgan fingerprint density at radius 3 is 1.95 bits per heavy atom. The molecular weight excluding hydrogens is 523 g/mol. The number of para-hydroxylation sites is 2. The van der Waals surface area contributed by atoms with Gasteiger partial charge < -0.3 is 13.1 Å². The molecule has 0 radical (unpaired) electrons. The third kappa shape index (κ3) is 10.1. The van der Waals surface area contributed by atoms with E-state index in [1.54, 1.807) is 61.5 Å². The van der Waals surface area contributed by atoms with Crippen molar-refractivity contribution in [1.29, 1.82) is 0 Å². The first-order valence-corrected chi connectivity index (χ1v) is 13.9. The van der Waals surface area contributed by atoms with Gasteiger partial charge in [0, 0.05) is 5.56 Å². The average molecular weight is 551 g/mol. The maximum absolute atomic E-state index is 14.2. The Hall–Kier alpha value is -3.70. The van der Waals surface area contributed by atoms with Crippen molar-refractivity contribution in [1.82, 2.24) is 0 Å². The number of benzene rings is 3. The molecule has 0 N–H and O–H groups in total. The zero-order valence-electron chi connectivity index (χ0n) is 20.2. The van der Waals surface area contributed by atoms with Gasteiger partial charge in [-0.2, -0.15) is 16.8 Å². The predicted molar refractivity (Wildman–Crippen MR) is 138 cm³/mol. The molecule has 37 heavy (non-hydrogen) atoms. The van der Waals surface area contributed by atoms with Crippen LogP contribution in [0.15, 0.2) is 90.8 Å². The van der Waals surface area contributed by atoms with Crippen molar-refractivity contribution in [3.05, 3.63) is 108 Å². The van der Waals surface area contributed by atoms with Gasteiger partial charge in [0.15, 0.2) is 0 Å². The summed E-state index contributed by atoms with van der Waals surface area (Å²) in [6, 6.07) is 20.7. The summed E-state index contributed by atoms with van der Waals surface area (Å²) < 4.78 is 74.3. The van der Waals surface area contributed by atoms with Crippen LogP contribution in [0.25, 0.3) is 0 Å². The Kier molecular flexibility index (Phi) is 10.8. The zero-order chi connectivity index (χ0) is 27.5. The summed E-state index contributed by atoms with van der Waals surface area (Å²) in [5.41, 5.74) is 0.803. The molecule has 3 aromatic carbocycles. The molecule has 1 unspecified atom stereocenters. The van der Waals surface area contributed by atoms with Crippen LogP contribution < -0.4 is 8.37 Å². The van der Waals surface area contributed by atoms with E-state index < -0.39 is 43.7 Å². The largest absolute Gasteiger partial charge is 0.469 e. The second-order valence-corrected chi connectivity index (χ2v) is 10.8. The topological polar surface area (TPSA) is 113 Å². The lowest BCUT2D eigenvalue weighted by molar-refractivity contribution is -0.142. The van der Waals surface area contributed by atoms with E-state index in [9.17, 15) is 26.0 Å². The number of ether oxygens (including phenoxy) is 1. The van der Waals surface area contributed by atoms with Crippen LogP contribution in [0.4, 0.5) is 4.39 Å². The quantitative estimate of drug-likeness (QED) is 0.263. The molecule has 0 fully saturated rings. The predicted octanol–water partition coefficient (Wildman–Crippen LogP) is 4.73. The molecule has 3 aromatic rings. The SMILES string of the molecule is C=CS(=O)(=O)Oc1ccccc1.COC(=O)C(CCS(=O)(=O)Oc1ccccc1)c1ccc(C)cc1F. The normalized spacial score (nSPS) is 11.9. The molecule has 3 rings (SSSR count). The molecule has 0 aliphatic carbocycles. The number of rotatable bonds is 10. The van der Waals surface area contributed by atoms with Crippen LogP contribution in [0.1, 0.15) is 23.5 Å². The standard InChI is InChI=1S/C18H19FO5S.C8H8O3S/c1-13-8-9-15(17(19)12-13)16(18(20)23-2)10-11-25(21,22)24-14-6-4-3-5-7-14;1-2-12(9,10)11-8-6-4-3-5-7-8/h3-9,12,16H,10-11H2,1-2H3;2-7H,1H2. The van der Waals surface area contributed by atoms with E-state index in [4.69, 9.17) is 8.92 Å². The van der Waals surface area contributed by atoms with Gasteiger partial charge in [-0.05, 0) is 49.2 Å². The van der Waals surface area contributed by atoms with E-state index in [1.807, 2.05) is 0 Å². The number of hydrogen-bond acceptors (Lipinski definition) is 8. The first-order chi connectivity index (χ1) is 17.5. The first kappa shape index (κ1) is 29.5. The molecule has 0 saturated heterocycles. The summed E-state index contributed by atoms with van der Waals surface area (Å²) in [7, 11) is -6.36. The van der Waals surface area contributed by atoms with Gasteiger partial charge in [-0.3, -0.25) is 4.79 Å². The monoisotopic (exact) mass is 550 g/mol. The number of hydrogen-bond donors (Lipinski definition) is 0. The van der Waals surface area contributed by atoms with Crippen LogP contribution >= 0.6 is 0 Å². The fraction of sp³-hybridized carbons (Fsp3) is 0.192. The van der Waals surface area contributed by atoms with Gasteiger partial charge in [0.2, 0.25) is 0 Å². The second-order valence-electron chi connectivity index (χ2n) is 7.60. The Morgan fingerprint density at radius 1 is 0.919 bits per heavy atom. The van der Waals surface area contributed by atoms with E-state index in [-0.39, 0.29) is 23.5 Å². The van der Waals surface area contributed by atoms with Crippen LogP contribution in [-0.4, -0.2) is 35.7 Å². The molecule has 0 spiro atoms. The van der Waals surface area contributed by atoms with E-state index in [0.29, 0.717) is 5.56 Å². The van der Waals surface area contributed by atoms with Crippen molar-refractivity contribution >= 4 is 26.2 Å². The molecule has 0 aliphatic heterocycles. The van der Waals surface area contributed by atoms with E-state index >= 15 is 0 Å². The number of methoxy groups -OCH3 is 1. The molecule has 8 nitrogen and oxygen atoms in total. The van der Waals surface area contributed by atoms with E-state index in [1.165, 1.54) is 31.4 Å². The highest BCUT2D eigenvalue weighted by atomic mass is 32.2. The van der Waals surface area contributed by atoms with Crippen LogP contribution in [-0.2, 0) is 29.8 Å². The van der Waals surface area contributed by atoms with Crippen molar-refractivity contribution in [3.63, 3.8) is 0 Å². The van der Waals surface area contributed by atoms with Crippen molar-refractivity contribution in [3.8, 4) is 11.5 Å². The molecule has 0 bridgehead atoms. The fourth-order valence-corrected chi connectivity index (χ4v) is 4.49. The molecule has 0 amide bonds. The number of carbonyl (C=O) groups excluding carboxylic acids is 1. The van der Waals surface area contributed by atoms with Crippen LogP contribution in [0.2, 0.25) is 0 Å². The number of esters is 1. The van der Waals surface area contributed by atoms with Gasteiger partial charge in [-0.25, -0.2) is 4.39 Å². The highest BCUT2D eigenvalue weighted by molar-refractivity contribution is 7.90. The summed E-state index contributed by atoms with van der Waals surface area (Å²) in [6.07, 6.45) is -0.151. The van der Waals surface area contributed by atoms with Gasteiger partial charge in [-0.1, -0.05) is 55.1 Å². The molecule has 11 heteroatoms. The summed E-state index contributed by atoms with van der Waals surface area (Å²) in [6.45, 7) is 4.84. The number of halogens is 1. The molecule has 1 atom stereocenters. The Balaban J connectivity index is 0.000000335. The van der Waals surface area contributed by atoms with Gasteiger partial charge >= 0.3 is 26.2 Å². The van der Waals surface area contributed by atoms with Crippen molar-refractivity contribution in [2.75, 3.05) is 12.9 Å². The van der Waals surface area contributed by atoms with Crippen LogP contribution in [0.5, 0.6) is 11.5 Å². The molecular formula is C26H27FO8S2. The third-order valence-corrected chi connectivity index (χ3v) is 6.81. The highest BCUT2D eigenvalue weighted by Gasteiger charge is 2.27. The number of carbonyl (C=O) groups is 1. The average Bonchev–Trinajstić information content (AvgIpc) is 2.86. The van der Waals surface area contributed by atoms with Gasteiger partial charge in [0.25, 0.3) is 0 Å². The van der Waals surface area contributed by atoms with Crippen LogP contribution in [0, 0.1) is 12.7 Å². The van der Waals surface area contributed by atoms with Crippen molar-refractivity contribution < 1.29 is 39.1 Å². The lowest BCUT2D eigenvalue weighted by Gasteiger charge is -2.16. The second kappa shape index (κ2) is 13.6. The molecule has 0 heterocycles. The molecule has 0 aromatic heterocycles. The van der Waals surface area contributed by atoms with Gasteiger partial charge in [-0.15, -0.1) is 0 Å². The van der Waals surface area contributed by atoms with Crippen molar-refractivity contribution in [2.45, 2.75) is 19.3 Å². The van der Waals surface area contributed by atoms with Gasteiger partial charge in [0.1, 0.15) is 17.3 Å². The number of aryl methyl sites for hydroxylation is 1. The highest BCUT2D eigenvalue weighted by Crippen LogP contribution is 2.26. The van der Waals surface area contributed by atoms with E-state index in [0.717, 1.165) is 5.41 Å². The fourth-order valence-electron chi connectivity index (χ4n) is 3.03. The molecule has 0 saturated carbocycles. The maximum atomic E-state index is 14.2. The molecule has 198 valence electrons. The Labute approximate surface area is 216 Å². The lowest BCUT2D eigenvalue weighted by atomic mass is 9.95. The minimum absolute atomic E-state index is 0.104. The summed E-state index contributed by atoms with van der Waals surface area (Å²) in [5.74, 6) is -2.28. The minimum Gasteiger partial charge on any atom is -0.469 e. The van der Waals surface area contributed by atoms with E-state index in [2.05, 4.69) is 10.8 Å². The molecule has 0 aliphatic rings. The first-order valence-electron chi connectivity index (χ1n) is 10.9. The maximum Gasteiger partial charge on any atom is 0.331 e. The summed E-state index contributed by atoms with van der Waals surface area (Å²) >= 11 is 0. The minimum atomic E-state index is -3.93. The lowest BCUT2D eigenvalue weighted by Crippen LogP contribution is -2.22. The van der Waals surface area contributed by atoms with Crippen LogP contribution in [0.3, 0.4) is 0 Å².